The van der Waals surface area contributed by atoms with Gasteiger partial charge in [0.05, 0.1) is 0 Å². The van der Waals surface area contributed by atoms with E-state index in [-0.39, 0.29) is 5.92 Å². The molecular formula is C24H37NO. The molecule has 0 unspecified atom stereocenters. The van der Waals surface area contributed by atoms with Gasteiger partial charge in [0.1, 0.15) is 0 Å². The van der Waals surface area contributed by atoms with Gasteiger partial charge in [-0.25, -0.2) is 0 Å². The van der Waals surface area contributed by atoms with Gasteiger partial charge in [-0.05, 0) is 49.0 Å². The van der Waals surface area contributed by atoms with Crippen molar-refractivity contribution >= 4 is 5.91 Å². The first-order valence-electron chi connectivity index (χ1n) is 10.9. The molecule has 0 N–H and O–H groups in total. The molecule has 0 spiro atoms. The summed E-state index contributed by atoms with van der Waals surface area (Å²) in [6.07, 6.45) is 9.71. The summed E-state index contributed by atoms with van der Waals surface area (Å²) in [6, 6.07) is 11.0. The number of amides is 1. The predicted molar refractivity (Wildman–Crippen MR) is 109 cm³/mol. The van der Waals surface area contributed by atoms with Crippen LogP contribution in [-0.2, 0) is 11.3 Å². The lowest BCUT2D eigenvalue weighted by Gasteiger charge is -2.45. The summed E-state index contributed by atoms with van der Waals surface area (Å²) in [4.78, 5) is 15.9. The molecule has 0 saturated heterocycles. The van der Waals surface area contributed by atoms with Crippen LogP contribution in [0.4, 0.5) is 0 Å². The second-order valence-electron chi connectivity index (χ2n) is 9.18. The van der Waals surface area contributed by atoms with Gasteiger partial charge in [-0.1, -0.05) is 76.8 Å². The molecule has 0 radical (unpaired) electrons. The highest BCUT2D eigenvalue weighted by Gasteiger charge is 2.38. The zero-order valence-corrected chi connectivity index (χ0v) is 17.0. The fraction of sp³-hybridized carbons (Fsp3) is 0.708. The molecule has 2 aliphatic rings. The van der Waals surface area contributed by atoms with E-state index in [0.717, 1.165) is 25.3 Å². The van der Waals surface area contributed by atoms with Gasteiger partial charge < -0.3 is 4.90 Å². The van der Waals surface area contributed by atoms with Gasteiger partial charge in [-0.15, -0.1) is 0 Å². The molecule has 1 aromatic rings. The molecule has 0 bridgehead atoms. The van der Waals surface area contributed by atoms with E-state index in [1.165, 1.54) is 44.1 Å². The van der Waals surface area contributed by atoms with Crippen LogP contribution >= 0.6 is 0 Å². The Morgan fingerprint density at radius 3 is 2.38 bits per heavy atom. The summed E-state index contributed by atoms with van der Waals surface area (Å²) in [5.41, 5.74) is 1.28. The molecule has 144 valence electrons. The monoisotopic (exact) mass is 355 g/mol. The standard InChI is InChI=1S/C24H37NO/c1-18(2)22-15-14-19(3)16-23(22)25(17-20-10-6-4-7-11-20)24(26)21-12-8-5-9-13-21/h4,6-7,10-11,18-19,21-23H,5,8-9,12-17H2,1-3H3/t19-,22+,23-/m1/s1. The molecule has 3 atom stereocenters. The van der Waals surface area contributed by atoms with Crippen LogP contribution in [0, 0.1) is 23.7 Å². The molecule has 2 fully saturated rings. The number of rotatable bonds is 5. The maximum atomic E-state index is 13.6. The van der Waals surface area contributed by atoms with Crippen molar-refractivity contribution in [3.05, 3.63) is 35.9 Å². The average molecular weight is 356 g/mol. The van der Waals surface area contributed by atoms with Gasteiger partial charge in [0.25, 0.3) is 0 Å². The highest BCUT2D eigenvalue weighted by Crippen LogP contribution is 2.38. The minimum atomic E-state index is 0.262. The largest absolute Gasteiger partial charge is 0.335 e. The van der Waals surface area contributed by atoms with E-state index in [9.17, 15) is 4.79 Å². The highest BCUT2D eigenvalue weighted by atomic mass is 16.2. The molecule has 26 heavy (non-hydrogen) atoms. The van der Waals surface area contributed by atoms with Crippen LogP contribution < -0.4 is 0 Å². The van der Waals surface area contributed by atoms with E-state index in [0.29, 0.717) is 23.8 Å². The second kappa shape index (κ2) is 9.06. The number of benzene rings is 1. The van der Waals surface area contributed by atoms with Crippen molar-refractivity contribution in [2.75, 3.05) is 0 Å². The highest BCUT2D eigenvalue weighted by molar-refractivity contribution is 5.79. The number of nitrogens with zero attached hydrogens (tertiary/aromatic N) is 1. The van der Waals surface area contributed by atoms with E-state index < -0.39 is 0 Å². The summed E-state index contributed by atoms with van der Waals surface area (Å²) >= 11 is 0. The fourth-order valence-electron chi connectivity index (χ4n) is 5.23. The summed E-state index contributed by atoms with van der Waals surface area (Å²) < 4.78 is 0. The Morgan fingerprint density at radius 2 is 1.73 bits per heavy atom. The summed E-state index contributed by atoms with van der Waals surface area (Å²) in [5, 5.41) is 0. The van der Waals surface area contributed by atoms with Crippen LogP contribution in [-0.4, -0.2) is 16.8 Å². The minimum absolute atomic E-state index is 0.262. The van der Waals surface area contributed by atoms with Crippen LogP contribution in [0.5, 0.6) is 0 Å². The lowest BCUT2D eigenvalue weighted by atomic mass is 9.72. The summed E-state index contributed by atoms with van der Waals surface area (Å²) in [5.74, 6) is 2.72. The Kier molecular flexibility index (Phi) is 6.78. The molecule has 2 saturated carbocycles. The average Bonchev–Trinajstić information content (AvgIpc) is 2.67. The molecule has 2 heteroatoms. The number of carbonyl (C=O) groups excluding carboxylic acids is 1. The Balaban J connectivity index is 1.86. The first kappa shape index (κ1) is 19.5. The van der Waals surface area contributed by atoms with Crippen molar-refractivity contribution in [2.24, 2.45) is 23.7 Å². The van der Waals surface area contributed by atoms with Crippen LogP contribution in [0.1, 0.15) is 77.7 Å². The minimum Gasteiger partial charge on any atom is -0.335 e. The normalized spacial score (nSPS) is 27.5. The maximum absolute atomic E-state index is 13.6. The van der Waals surface area contributed by atoms with Gasteiger partial charge in [-0.3, -0.25) is 4.79 Å². The zero-order valence-electron chi connectivity index (χ0n) is 17.0. The van der Waals surface area contributed by atoms with E-state index in [1.807, 2.05) is 0 Å². The molecular weight excluding hydrogens is 318 g/mol. The van der Waals surface area contributed by atoms with E-state index in [4.69, 9.17) is 0 Å². The smallest absolute Gasteiger partial charge is 0.226 e. The van der Waals surface area contributed by atoms with E-state index >= 15 is 0 Å². The Bertz CT molecular complexity index is 561. The summed E-state index contributed by atoms with van der Waals surface area (Å²) in [7, 11) is 0. The van der Waals surface area contributed by atoms with Crippen LogP contribution in [0.15, 0.2) is 30.3 Å². The SMILES string of the molecule is CC(C)[C@@H]1CC[C@@H](C)C[C@H]1N(Cc1ccccc1)C(=O)C1CCCCC1. The topological polar surface area (TPSA) is 20.3 Å². The maximum Gasteiger partial charge on any atom is 0.226 e. The molecule has 1 amide bonds. The lowest BCUT2D eigenvalue weighted by molar-refractivity contribution is -0.143. The molecule has 0 aromatic heterocycles. The van der Waals surface area contributed by atoms with Crippen LogP contribution in [0.2, 0.25) is 0 Å². The van der Waals surface area contributed by atoms with Crippen molar-refractivity contribution in [1.82, 2.24) is 4.90 Å². The van der Waals surface area contributed by atoms with E-state index in [2.05, 4.69) is 56.0 Å². The van der Waals surface area contributed by atoms with Gasteiger partial charge in [0.2, 0.25) is 5.91 Å². The Morgan fingerprint density at radius 1 is 1.04 bits per heavy atom. The Hall–Kier alpha value is -1.31. The van der Waals surface area contributed by atoms with Crippen molar-refractivity contribution in [2.45, 2.75) is 84.7 Å². The van der Waals surface area contributed by atoms with E-state index in [1.54, 1.807) is 0 Å². The zero-order chi connectivity index (χ0) is 18.5. The van der Waals surface area contributed by atoms with Crippen molar-refractivity contribution in [3.8, 4) is 0 Å². The first-order valence-corrected chi connectivity index (χ1v) is 10.9. The molecule has 1 aromatic carbocycles. The van der Waals surface area contributed by atoms with Crippen molar-refractivity contribution in [3.63, 3.8) is 0 Å². The lowest BCUT2D eigenvalue weighted by Crippen LogP contribution is -2.50. The van der Waals surface area contributed by atoms with Gasteiger partial charge in [0, 0.05) is 18.5 Å². The first-order chi connectivity index (χ1) is 12.6. The van der Waals surface area contributed by atoms with Gasteiger partial charge in [0.15, 0.2) is 0 Å². The Labute approximate surface area is 160 Å². The molecule has 0 aliphatic heterocycles. The summed E-state index contributed by atoms with van der Waals surface area (Å²) in [6.45, 7) is 7.85. The van der Waals surface area contributed by atoms with Crippen molar-refractivity contribution in [1.29, 1.82) is 0 Å². The molecule has 2 nitrogen and oxygen atoms in total. The van der Waals surface area contributed by atoms with Crippen LogP contribution in [0.25, 0.3) is 0 Å². The molecule has 2 aliphatic carbocycles. The third-order valence-electron chi connectivity index (χ3n) is 6.82. The predicted octanol–water partition coefficient (Wildman–Crippen LogP) is 6.06. The van der Waals surface area contributed by atoms with Gasteiger partial charge >= 0.3 is 0 Å². The van der Waals surface area contributed by atoms with Crippen LogP contribution in [0.3, 0.4) is 0 Å². The fourth-order valence-corrected chi connectivity index (χ4v) is 5.23. The molecule has 3 rings (SSSR count). The van der Waals surface area contributed by atoms with Gasteiger partial charge in [-0.2, -0.15) is 0 Å². The quantitative estimate of drug-likeness (QED) is 0.629. The molecule has 0 heterocycles. The second-order valence-corrected chi connectivity index (χ2v) is 9.18. The third kappa shape index (κ3) is 4.69. The number of hydrogen-bond acceptors (Lipinski definition) is 1. The van der Waals surface area contributed by atoms with Crippen molar-refractivity contribution < 1.29 is 4.79 Å². The number of carbonyl (C=O) groups is 1. The third-order valence-corrected chi connectivity index (χ3v) is 6.82. The number of hydrogen-bond donors (Lipinski definition) is 0.